The predicted octanol–water partition coefficient (Wildman–Crippen LogP) is 5.26. The molecular formula is C26H22FN5O. The van der Waals surface area contributed by atoms with Gasteiger partial charge in [-0.1, -0.05) is 30.3 Å². The third-order valence-corrected chi connectivity index (χ3v) is 5.53. The van der Waals surface area contributed by atoms with Crippen LogP contribution in [0.1, 0.15) is 24.1 Å². The molecule has 164 valence electrons. The normalized spacial score (nSPS) is 12.1. The summed E-state index contributed by atoms with van der Waals surface area (Å²) in [6.45, 7) is 1.98. The molecule has 1 atom stereocenters. The number of pyridine rings is 1. The van der Waals surface area contributed by atoms with Gasteiger partial charge in [-0.3, -0.25) is 4.40 Å². The summed E-state index contributed by atoms with van der Waals surface area (Å²) in [7, 11) is 0. The molecule has 0 saturated heterocycles. The van der Waals surface area contributed by atoms with Crippen LogP contribution in [0.15, 0.2) is 85.2 Å². The Kier molecular flexibility index (Phi) is 5.54. The summed E-state index contributed by atoms with van der Waals surface area (Å²) < 4.78 is 15.5. The van der Waals surface area contributed by atoms with E-state index in [1.54, 1.807) is 18.3 Å². The number of rotatable bonds is 6. The van der Waals surface area contributed by atoms with Gasteiger partial charge in [-0.25, -0.2) is 19.3 Å². The monoisotopic (exact) mass is 439 g/mol. The topological polar surface area (TPSA) is 75.3 Å². The maximum absolute atomic E-state index is 13.6. The zero-order chi connectivity index (χ0) is 22.8. The highest BCUT2D eigenvalue weighted by Crippen LogP contribution is 2.32. The van der Waals surface area contributed by atoms with Crippen molar-refractivity contribution in [1.82, 2.24) is 19.4 Å². The zero-order valence-electron chi connectivity index (χ0n) is 18.0. The lowest BCUT2D eigenvalue weighted by atomic mass is 10.1. The van der Waals surface area contributed by atoms with Crippen LogP contribution in [0.25, 0.3) is 28.3 Å². The Morgan fingerprint density at radius 3 is 2.55 bits per heavy atom. The van der Waals surface area contributed by atoms with Crippen LogP contribution in [0.4, 0.5) is 10.3 Å². The van der Waals surface area contributed by atoms with E-state index < -0.39 is 0 Å². The highest BCUT2D eigenvalue weighted by atomic mass is 19.1. The molecule has 0 aliphatic carbocycles. The van der Waals surface area contributed by atoms with E-state index in [9.17, 15) is 9.50 Å². The number of aliphatic hydroxyl groups is 1. The van der Waals surface area contributed by atoms with E-state index in [1.807, 2.05) is 47.0 Å². The minimum Gasteiger partial charge on any atom is -0.392 e. The standard InChI is InChI=1S/C26H22FN5O/c1-17(19-5-3-2-4-6-19)29-26-28-13-11-22(30-26)25-24(20-7-9-21(27)10-8-20)31-23-15-18(16-33)12-14-32(23)25/h2-15,17,33H,16H2,1H3,(H,28,29,30)/t17-/m0/s1. The Balaban J connectivity index is 1.61. The molecule has 0 amide bonds. The second kappa shape index (κ2) is 8.80. The van der Waals surface area contributed by atoms with Crippen molar-refractivity contribution in [2.75, 3.05) is 5.32 Å². The van der Waals surface area contributed by atoms with Crippen LogP contribution < -0.4 is 5.32 Å². The predicted molar refractivity (Wildman–Crippen MR) is 126 cm³/mol. The van der Waals surface area contributed by atoms with Crippen molar-refractivity contribution in [2.45, 2.75) is 19.6 Å². The molecule has 0 aliphatic rings. The number of imidazole rings is 1. The molecule has 3 heterocycles. The number of aliphatic hydroxyl groups excluding tert-OH is 1. The average Bonchev–Trinajstić information content (AvgIpc) is 3.24. The van der Waals surface area contributed by atoms with Crippen molar-refractivity contribution >= 4 is 11.6 Å². The molecular weight excluding hydrogens is 417 g/mol. The minimum absolute atomic E-state index is 0.0207. The highest BCUT2D eigenvalue weighted by molar-refractivity contribution is 5.80. The van der Waals surface area contributed by atoms with Crippen LogP contribution >= 0.6 is 0 Å². The van der Waals surface area contributed by atoms with Crippen LogP contribution in [0.3, 0.4) is 0 Å². The zero-order valence-corrected chi connectivity index (χ0v) is 18.0. The molecule has 0 spiro atoms. The van der Waals surface area contributed by atoms with E-state index in [-0.39, 0.29) is 18.5 Å². The molecule has 2 N–H and O–H groups in total. The number of hydrogen-bond acceptors (Lipinski definition) is 5. The molecule has 2 aromatic carbocycles. The largest absolute Gasteiger partial charge is 0.392 e. The molecule has 0 fully saturated rings. The summed E-state index contributed by atoms with van der Waals surface area (Å²) in [5.74, 6) is 0.186. The lowest BCUT2D eigenvalue weighted by Gasteiger charge is -2.15. The smallest absolute Gasteiger partial charge is 0.223 e. The summed E-state index contributed by atoms with van der Waals surface area (Å²) in [6.07, 6.45) is 3.57. The van der Waals surface area contributed by atoms with Crippen molar-refractivity contribution in [3.05, 3.63) is 102 Å². The van der Waals surface area contributed by atoms with Crippen LogP contribution in [-0.2, 0) is 6.61 Å². The number of anilines is 1. The van der Waals surface area contributed by atoms with Gasteiger partial charge in [0.25, 0.3) is 0 Å². The average molecular weight is 439 g/mol. The van der Waals surface area contributed by atoms with Gasteiger partial charge in [0, 0.05) is 18.0 Å². The maximum atomic E-state index is 13.6. The Bertz CT molecular complexity index is 1400. The van der Waals surface area contributed by atoms with Crippen molar-refractivity contribution in [3.8, 4) is 22.6 Å². The fourth-order valence-corrected chi connectivity index (χ4v) is 3.82. The van der Waals surface area contributed by atoms with E-state index in [0.29, 0.717) is 23.0 Å². The number of halogens is 1. The van der Waals surface area contributed by atoms with Gasteiger partial charge < -0.3 is 10.4 Å². The Morgan fingerprint density at radius 1 is 1.00 bits per heavy atom. The van der Waals surface area contributed by atoms with E-state index in [4.69, 9.17) is 9.97 Å². The van der Waals surface area contributed by atoms with Crippen molar-refractivity contribution < 1.29 is 9.50 Å². The van der Waals surface area contributed by atoms with Crippen LogP contribution in [0, 0.1) is 5.82 Å². The van der Waals surface area contributed by atoms with E-state index in [1.165, 1.54) is 12.1 Å². The summed E-state index contributed by atoms with van der Waals surface area (Å²) in [6, 6.07) is 21.8. The van der Waals surface area contributed by atoms with E-state index in [2.05, 4.69) is 29.4 Å². The van der Waals surface area contributed by atoms with Gasteiger partial charge in [0.1, 0.15) is 11.5 Å². The van der Waals surface area contributed by atoms with Crippen molar-refractivity contribution in [1.29, 1.82) is 0 Å². The number of aromatic nitrogens is 4. The molecule has 0 radical (unpaired) electrons. The number of benzene rings is 2. The molecule has 0 saturated carbocycles. The molecule has 0 unspecified atom stereocenters. The Labute approximate surface area is 190 Å². The van der Waals surface area contributed by atoms with E-state index >= 15 is 0 Å². The molecule has 6 nitrogen and oxygen atoms in total. The third kappa shape index (κ3) is 4.18. The Hall–Kier alpha value is -4.10. The summed E-state index contributed by atoms with van der Waals surface area (Å²) in [5, 5.41) is 12.9. The molecule has 33 heavy (non-hydrogen) atoms. The number of nitrogens with one attached hydrogen (secondary N) is 1. The summed E-state index contributed by atoms with van der Waals surface area (Å²) in [4.78, 5) is 14.0. The second-order valence-electron chi connectivity index (χ2n) is 7.78. The second-order valence-corrected chi connectivity index (χ2v) is 7.78. The van der Waals surface area contributed by atoms with Gasteiger partial charge in [-0.15, -0.1) is 0 Å². The van der Waals surface area contributed by atoms with Gasteiger partial charge in [-0.05, 0) is 60.5 Å². The fraction of sp³-hybridized carbons (Fsp3) is 0.115. The van der Waals surface area contributed by atoms with Crippen LogP contribution in [0.2, 0.25) is 0 Å². The van der Waals surface area contributed by atoms with Gasteiger partial charge in [-0.2, -0.15) is 0 Å². The molecule has 0 aliphatic heterocycles. The highest BCUT2D eigenvalue weighted by Gasteiger charge is 2.18. The molecule has 5 aromatic rings. The quantitative estimate of drug-likeness (QED) is 0.377. The minimum atomic E-state index is -0.310. The van der Waals surface area contributed by atoms with Crippen LogP contribution in [0.5, 0.6) is 0 Å². The summed E-state index contributed by atoms with van der Waals surface area (Å²) >= 11 is 0. The van der Waals surface area contributed by atoms with Gasteiger partial charge in [0.05, 0.1) is 29.7 Å². The fourth-order valence-electron chi connectivity index (χ4n) is 3.82. The SMILES string of the molecule is C[C@H](Nc1nccc(-c2c(-c3ccc(F)cc3)nc3cc(CO)ccn23)n1)c1ccccc1. The van der Waals surface area contributed by atoms with Gasteiger partial charge in [0.2, 0.25) is 5.95 Å². The van der Waals surface area contributed by atoms with Crippen LogP contribution in [-0.4, -0.2) is 24.5 Å². The number of hydrogen-bond donors (Lipinski definition) is 2. The van der Waals surface area contributed by atoms with Gasteiger partial charge in [0.15, 0.2) is 0 Å². The third-order valence-electron chi connectivity index (χ3n) is 5.53. The van der Waals surface area contributed by atoms with Crippen molar-refractivity contribution in [2.24, 2.45) is 0 Å². The molecule has 5 rings (SSSR count). The molecule has 3 aromatic heterocycles. The maximum Gasteiger partial charge on any atom is 0.223 e. The molecule has 7 heteroatoms. The summed E-state index contributed by atoms with van der Waals surface area (Å²) in [5.41, 5.74) is 5.44. The first kappa shape index (κ1) is 20.8. The van der Waals surface area contributed by atoms with Gasteiger partial charge >= 0.3 is 0 Å². The Morgan fingerprint density at radius 2 is 1.79 bits per heavy atom. The first-order chi connectivity index (χ1) is 16.1. The first-order valence-electron chi connectivity index (χ1n) is 10.6. The molecule has 0 bridgehead atoms. The van der Waals surface area contributed by atoms with E-state index in [0.717, 1.165) is 22.4 Å². The number of fused-ring (bicyclic) bond motifs is 1. The lowest BCUT2D eigenvalue weighted by molar-refractivity contribution is 0.282. The number of nitrogens with zero attached hydrogens (tertiary/aromatic N) is 4. The first-order valence-corrected chi connectivity index (χ1v) is 10.6. The lowest BCUT2D eigenvalue weighted by Crippen LogP contribution is -2.09. The van der Waals surface area contributed by atoms with Crippen molar-refractivity contribution in [3.63, 3.8) is 0 Å².